The third-order valence-electron chi connectivity index (χ3n) is 5.43. The third kappa shape index (κ3) is 4.36. The summed E-state index contributed by atoms with van der Waals surface area (Å²) in [6, 6.07) is 11.3. The fourth-order valence-corrected chi connectivity index (χ4v) is 3.73. The largest absolute Gasteiger partial charge is 0.326 e. The molecule has 6 heteroatoms. The van der Waals surface area contributed by atoms with E-state index in [2.05, 4.69) is 5.32 Å². The summed E-state index contributed by atoms with van der Waals surface area (Å²) >= 11 is 0. The number of carbonyl (C=O) groups is 3. The van der Waals surface area contributed by atoms with Gasteiger partial charge in [-0.1, -0.05) is 12.1 Å². The Hall–Kier alpha value is -3.02. The maximum atomic E-state index is 13.7. The van der Waals surface area contributed by atoms with Gasteiger partial charge in [-0.05, 0) is 61.6 Å². The average Bonchev–Trinajstić information content (AvgIpc) is 3.56. The second kappa shape index (κ2) is 8.15. The zero-order valence-corrected chi connectivity index (χ0v) is 16.1. The Bertz CT molecular complexity index is 968. The molecule has 150 valence electrons. The van der Waals surface area contributed by atoms with Crippen molar-refractivity contribution in [3.8, 4) is 0 Å². The molecule has 1 fully saturated rings. The summed E-state index contributed by atoms with van der Waals surface area (Å²) < 4.78 is 13.7. The van der Waals surface area contributed by atoms with Crippen LogP contribution in [0.2, 0.25) is 0 Å². The number of benzene rings is 2. The highest BCUT2D eigenvalue weighted by Crippen LogP contribution is 2.36. The first-order valence-electron chi connectivity index (χ1n) is 10.0. The number of halogens is 1. The molecule has 4 rings (SSSR count). The van der Waals surface area contributed by atoms with Crippen molar-refractivity contribution in [2.45, 2.75) is 38.5 Å². The fourth-order valence-electron chi connectivity index (χ4n) is 3.73. The number of nitrogens with zero attached hydrogens (tertiary/aromatic N) is 1. The minimum atomic E-state index is -0.571. The van der Waals surface area contributed by atoms with E-state index in [4.69, 9.17) is 0 Å². The molecule has 0 atom stereocenters. The molecule has 29 heavy (non-hydrogen) atoms. The normalized spacial score (nSPS) is 15.6. The number of carbonyl (C=O) groups excluding carboxylic acids is 3. The molecule has 0 unspecified atom stereocenters. The van der Waals surface area contributed by atoms with Gasteiger partial charge in [-0.2, -0.15) is 0 Å². The first-order chi connectivity index (χ1) is 14.0. The van der Waals surface area contributed by atoms with Crippen molar-refractivity contribution in [2.75, 3.05) is 16.8 Å². The van der Waals surface area contributed by atoms with E-state index in [-0.39, 0.29) is 36.1 Å². The second-order valence-electron chi connectivity index (χ2n) is 7.66. The minimum Gasteiger partial charge on any atom is -0.326 e. The van der Waals surface area contributed by atoms with E-state index in [1.54, 1.807) is 12.1 Å². The van der Waals surface area contributed by atoms with Gasteiger partial charge in [0.2, 0.25) is 11.8 Å². The van der Waals surface area contributed by atoms with Crippen molar-refractivity contribution >= 4 is 29.0 Å². The maximum absolute atomic E-state index is 13.7. The summed E-state index contributed by atoms with van der Waals surface area (Å²) in [4.78, 5) is 38.7. The highest BCUT2D eigenvalue weighted by Gasteiger charge is 2.35. The van der Waals surface area contributed by atoms with Crippen LogP contribution >= 0.6 is 0 Å². The molecule has 0 bridgehead atoms. The summed E-state index contributed by atoms with van der Waals surface area (Å²) in [6.07, 6.45) is 3.64. The molecule has 0 aromatic heterocycles. The molecule has 1 saturated carbocycles. The molecule has 2 amide bonds. The number of aryl methyl sites for hydroxylation is 1. The Morgan fingerprint density at radius 2 is 1.86 bits per heavy atom. The number of ketones is 1. The number of amides is 2. The molecule has 1 aliphatic heterocycles. The van der Waals surface area contributed by atoms with Gasteiger partial charge in [-0.25, -0.2) is 4.39 Å². The molecule has 2 aliphatic rings. The first-order valence-corrected chi connectivity index (χ1v) is 10.0. The Labute approximate surface area is 168 Å². The van der Waals surface area contributed by atoms with Gasteiger partial charge in [0.1, 0.15) is 5.82 Å². The molecule has 2 aromatic rings. The Morgan fingerprint density at radius 1 is 1.07 bits per heavy atom. The predicted molar refractivity (Wildman–Crippen MR) is 108 cm³/mol. The maximum Gasteiger partial charge on any atom is 0.230 e. The molecule has 2 aromatic carbocycles. The average molecular weight is 394 g/mol. The molecular weight excluding hydrogens is 371 g/mol. The quantitative estimate of drug-likeness (QED) is 0.750. The van der Waals surface area contributed by atoms with Crippen molar-refractivity contribution in [2.24, 2.45) is 5.92 Å². The van der Waals surface area contributed by atoms with Gasteiger partial charge in [-0.3, -0.25) is 14.4 Å². The third-order valence-corrected chi connectivity index (χ3v) is 5.43. The van der Waals surface area contributed by atoms with E-state index >= 15 is 0 Å². The zero-order chi connectivity index (χ0) is 20.4. The van der Waals surface area contributed by atoms with Gasteiger partial charge in [0.05, 0.1) is 5.56 Å². The lowest BCUT2D eigenvalue weighted by atomic mass is 10.00. The van der Waals surface area contributed by atoms with Gasteiger partial charge >= 0.3 is 0 Å². The van der Waals surface area contributed by atoms with E-state index in [0.717, 1.165) is 43.5 Å². The van der Waals surface area contributed by atoms with Crippen LogP contribution in [0.3, 0.4) is 0 Å². The number of fused-ring (bicyclic) bond motifs is 1. The van der Waals surface area contributed by atoms with Crippen LogP contribution in [-0.2, 0) is 16.0 Å². The van der Waals surface area contributed by atoms with Crippen LogP contribution in [-0.4, -0.2) is 24.1 Å². The van der Waals surface area contributed by atoms with Crippen LogP contribution in [0.4, 0.5) is 15.8 Å². The first kappa shape index (κ1) is 19.3. The van der Waals surface area contributed by atoms with Crippen LogP contribution in [0.1, 0.15) is 48.0 Å². The number of hydrogen-bond acceptors (Lipinski definition) is 3. The molecule has 0 radical (unpaired) electrons. The van der Waals surface area contributed by atoms with Gasteiger partial charge in [0, 0.05) is 36.7 Å². The lowest BCUT2D eigenvalue weighted by Gasteiger charge is -2.30. The van der Waals surface area contributed by atoms with Crippen molar-refractivity contribution in [3.05, 3.63) is 59.4 Å². The molecule has 1 N–H and O–H groups in total. The van der Waals surface area contributed by atoms with Gasteiger partial charge in [0.15, 0.2) is 5.78 Å². The predicted octanol–water partition coefficient (Wildman–Crippen LogP) is 4.12. The number of anilines is 2. The molecule has 0 spiro atoms. The number of rotatable bonds is 6. The van der Waals surface area contributed by atoms with Crippen LogP contribution in [0.15, 0.2) is 42.5 Å². The van der Waals surface area contributed by atoms with Crippen molar-refractivity contribution in [3.63, 3.8) is 0 Å². The summed E-state index contributed by atoms with van der Waals surface area (Å²) in [5.74, 6) is -0.881. The standard InChI is InChI=1S/C23H23FN2O3/c24-19-6-2-1-5-18(19)21(27)11-12-22(28)25-17-9-10-20-16(14-17)4-3-13-26(20)23(29)15-7-8-15/h1-2,5-6,9-10,14-15H,3-4,7-8,11-13H2,(H,25,28). The highest BCUT2D eigenvalue weighted by atomic mass is 19.1. The Balaban J connectivity index is 1.37. The molecule has 0 saturated heterocycles. The molecule has 1 aliphatic carbocycles. The Kier molecular flexibility index (Phi) is 5.43. The topological polar surface area (TPSA) is 66.5 Å². The van der Waals surface area contributed by atoms with Crippen molar-refractivity contribution < 1.29 is 18.8 Å². The smallest absolute Gasteiger partial charge is 0.230 e. The van der Waals surface area contributed by atoms with Crippen LogP contribution in [0.25, 0.3) is 0 Å². The summed E-state index contributed by atoms with van der Waals surface area (Å²) in [5, 5.41) is 2.80. The van der Waals surface area contributed by atoms with Crippen molar-refractivity contribution in [1.82, 2.24) is 0 Å². The zero-order valence-electron chi connectivity index (χ0n) is 16.1. The van der Waals surface area contributed by atoms with Crippen LogP contribution in [0.5, 0.6) is 0 Å². The summed E-state index contributed by atoms with van der Waals surface area (Å²) in [6.45, 7) is 0.742. The monoisotopic (exact) mass is 394 g/mol. The Morgan fingerprint density at radius 3 is 2.62 bits per heavy atom. The van der Waals surface area contributed by atoms with Crippen LogP contribution in [0, 0.1) is 11.7 Å². The van der Waals surface area contributed by atoms with Crippen LogP contribution < -0.4 is 10.2 Å². The highest BCUT2D eigenvalue weighted by molar-refractivity contribution is 6.01. The summed E-state index contributed by atoms with van der Waals surface area (Å²) in [7, 11) is 0. The van der Waals surface area contributed by atoms with Gasteiger partial charge in [0.25, 0.3) is 0 Å². The fraction of sp³-hybridized carbons (Fsp3) is 0.348. The van der Waals surface area contributed by atoms with Gasteiger partial charge in [-0.15, -0.1) is 0 Å². The molecule has 5 nitrogen and oxygen atoms in total. The lowest BCUT2D eigenvalue weighted by molar-refractivity contribution is -0.120. The number of hydrogen-bond donors (Lipinski definition) is 1. The van der Waals surface area contributed by atoms with Gasteiger partial charge < -0.3 is 10.2 Å². The number of nitrogens with one attached hydrogen (secondary N) is 1. The van der Waals surface area contributed by atoms with E-state index in [1.165, 1.54) is 18.2 Å². The molecule has 1 heterocycles. The summed E-state index contributed by atoms with van der Waals surface area (Å²) in [5.41, 5.74) is 2.63. The number of Topliss-reactive ketones (excluding diaryl/α,β-unsaturated/α-hetero) is 1. The minimum absolute atomic E-state index is 0.00880. The van der Waals surface area contributed by atoms with E-state index in [0.29, 0.717) is 5.69 Å². The van der Waals surface area contributed by atoms with Crippen molar-refractivity contribution in [1.29, 1.82) is 0 Å². The SMILES string of the molecule is O=C(CCC(=O)c1ccccc1F)Nc1ccc2c(c1)CCCN2C(=O)C1CC1. The molecular formula is C23H23FN2O3. The van der Waals surface area contributed by atoms with E-state index in [9.17, 15) is 18.8 Å². The second-order valence-corrected chi connectivity index (χ2v) is 7.66. The lowest BCUT2D eigenvalue weighted by Crippen LogP contribution is -2.36. The van der Waals surface area contributed by atoms with E-state index < -0.39 is 11.6 Å². The van der Waals surface area contributed by atoms with E-state index in [1.807, 2.05) is 17.0 Å².